The first kappa shape index (κ1) is 69.9. The topological polar surface area (TPSA) is 23.1 Å². The first-order valence-corrected chi connectivity index (χ1v) is 23.8. The minimum atomic E-state index is 0. The first-order valence-electron chi connectivity index (χ1n) is 23.5. The molecule has 10 rings (SSSR count). The zero-order valence-electron chi connectivity index (χ0n) is 43.0. The first-order chi connectivity index (χ1) is 30.1. The van der Waals surface area contributed by atoms with Crippen LogP contribution in [-0.4, -0.2) is 7.11 Å². The van der Waals surface area contributed by atoms with Crippen molar-refractivity contribution in [3.63, 3.8) is 0 Å². The van der Waals surface area contributed by atoms with E-state index in [-0.39, 0.29) is 93.4 Å². The van der Waals surface area contributed by atoms with Crippen molar-refractivity contribution in [3.8, 4) is 0 Å². The van der Waals surface area contributed by atoms with Crippen molar-refractivity contribution in [2.75, 3.05) is 7.11 Å². The van der Waals surface area contributed by atoms with Gasteiger partial charge in [0.25, 0.3) is 0 Å². The predicted octanol–water partition coefficient (Wildman–Crippen LogP) is 15.4. The third-order valence-corrected chi connectivity index (χ3v) is 13.4. The second kappa shape index (κ2) is 41.2. The number of hydrogen-bond acceptors (Lipinski definition) is 1. The van der Waals surface area contributed by atoms with E-state index < -0.39 is 0 Å². The van der Waals surface area contributed by atoms with Gasteiger partial charge in [-0.1, -0.05) is 279 Å². The fourth-order valence-electron chi connectivity index (χ4n) is 10.1. The predicted molar refractivity (Wildman–Crippen MR) is 287 cm³/mol. The van der Waals surface area contributed by atoms with E-state index in [2.05, 4.69) is 166 Å². The molecule has 0 radical (unpaired) electrons. The van der Waals surface area contributed by atoms with E-state index in [1.165, 1.54) is 111 Å². The molecular formula is C63H84ClFe2NaO. The van der Waals surface area contributed by atoms with Gasteiger partial charge in [0.05, 0.1) is 0 Å². The van der Waals surface area contributed by atoms with Crippen LogP contribution >= 0.6 is 11.6 Å². The molecule has 0 atom stereocenters. The van der Waals surface area contributed by atoms with E-state index >= 15 is 0 Å². The Bertz CT molecular complexity index is 1670. The summed E-state index contributed by atoms with van der Waals surface area (Å²) in [7, 11) is 0.750. The summed E-state index contributed by atoms with van der Waals surface area (Å²) in [6.07, 6.45) is 19.4. The Morgan fingerprint density at radius 3 is 0.588 bits per heavy atom. The number of hydrogen-bond donors (Lipinski definition) is 0. The van der Waals surface area contributed by atoms with Crippen LogP contribution in [0.2, 0.25) is 5.02 Å². The molecule has 0 unspecified atom stereocenters. The minimum Gasteiger partial charge on any atom is -0.857 e. The Labute approximate surface area is 466 Å². The molecule has 0 bridgehead atoms. The Kier molecular flexibility index (Phi) is 42.4. The average molecular weight is 1030 g/mol. The van der Waals surface area contributed by atoms with E-state index in [1.807, 2.05) is 30.3 Å². The standard InChI is InChI=1S/C35H30.C6H5Cl.2C6H12.C5H10.CH3O.4CH3.2Fe.Na/c1-6-16-26(17-7-1)31-32(27-18-8-2-9-19-27)34(29-22-12-4-13-23-29)35(30-24-14-5-15-25-30)33(31)28-20-10-3-11-21-28;7-6-4-2-1-3-5-6;2*1-6-4-2-3-5-6;1-2-4-5-3-1;1-2;;;;;;;/h1-25,31-35H;1-5H;2*6H,2-5H2,1H3;1-5H2;1H3;4*1H3;;;/q;;;;;5*-1;2*+2;+1. The molecule has 6 aromatic carbocycles. The van der Waals surface area contributed by atoms with Crippen LogP contribution in [0.1, 0.15) is 155 Å². The maximum atomic E-state index is 8.25. The third kappa shape index (κ3) is 22.8. The van der Waals surface area contributed by atoms with Crippen molar-refractivity contribution in [1.29, 1.82) is 0 Å². The molecule has 4 aliphatic rings. The van der Waals surface area contributed by atoms with Gasteiger partial charge in [-0.3, -0.25) is 0 Å². The van der Waals surface area contributed by atoms with Gasteiger partial charge < -0.3 is 34.8 Å². The molecule has 0 N–H and O–H groups in total. The van der Waals surface area contributed by atoms with Crippen molar-refractivity contribution in [2.45, 2.75) is 127 Å². The Morgan fingerprint density at radius 2 is 0.471 bits per heavy atom. The van der Waals surface area contributed by atoms with E-state index in [4.69, 9.17) is 16.7 Å². The second-order valence-electron chi connectivity index (χ2n) is 17.5. The van der Waals surface area contributed by atoms with Gasteiger partial charge in [-0.15, -0.1) is 0 Å². The quantitative estimate of drug-likeness (QED) is 0.125. The molecule has 5 heteroatoms. The minimum absolute atomic E-state index is 0. The summed E-state index contributed by atoms with van der Waals surface area (Å²) in [5.41, 5.74) is 7.13. The molecule has 6 aromatic rings. The van der Waals surface area contributed by atoms with Gasteiger partial charge in [-0.2, -0.15) is 7.11 Å². The maximum Gasteiger partial charge on any atom is 2.00 e. The van der Waals surface area contributed by atoms with Crippen LogP contribution in [0.3, 0.4) is 0 Å². The Balaban J connectivity index is -0.00000105. The van der Waals surface area contributed by atoms with Crippen LogP contribution in [0.4, 0.5) is 0 Å². The Hall–Kier alpha value is -2.39. The summed E-state index contributed by atoms with van der Waals surface area (Å²) < 4.78 is 0. The molecule has 0 amide bonds. The molecule has 68 heavy (non-hydrogen) atoms. The van der Waals surface area contributed by atoms with E-state index in [0.717, 1.165) is 24.0 Å². The summed E-state index contributed by atoms with van der Waals surface area (Å²) in [6.45, 7) is 4.68. The summed E-state index contributed by atoms with van der Waals surface area (Å²) in [6, 6.07) is 65.5. The molecule has 4 fully saturated rings. The van der Waals surface area contributed by atoms with Crippen LogP contribution in [0, 0.1) is 41.5 Å². The summed E-state index contributed by atoms with van der Waals surface area (Å²) >= 11 is 5.54. The molecule has 0 heterocycles. The van der Waals surface area contributed by atoms with Gasteiger partial charge in [0.1, 0.15) is 0 Å². The summed E-state index contributed by atoms with van der Waals surface area (Å²) in [5, 5.41) is 9.04. The molecule has 4 saturated carbocycles. The van der Waals surface area contributed by atoms with Crippen LogP contribution in [0.5, 0.6) is 0 Å². The number of rotatable bonds is 5. The van der Waals surface area contributed by atoms with E-state index in [9.17, 15) is 0 Å². The monoisotopic (exact) mass is 1030 g/mol. The number of benzene rings is 6. The van der Waals surface area contributed by atoms with Crippen molar-refractivity contribution < 1.29 is 68.8 Å². The molecule has 0 aromatic heterocycles. The molecule has 4 aliphatic carbocycles. The summed E-state index contributed by atoms with van der Waals surface area (Å²) in [5.74, 6) is 3.88. The third-order valence-electron chi connectivity index (χ3n) is 13.1. The molecule has 0 aliphatic heterocycles. The summed E-state index contributed by atoms with van der Waals surface area (Å²) in [4.78, 5) is 0. The van der Waals surface area contributed by atoms with Gasteiger partial charge in [0, 0.05) is 5.02 Å². The zero-order valence-corrected chi connectivity index (χ0v) is 48.0. The van der Waals surface area contributed by atoms with Crippen molar-refractivity contribution in [2.24, 2.45) is 11.8 Å². The van der Waals surface area contributed by atoms with Gasteiger partial charge in [0.15, 0.2) is 0 Å². The molecule has 366 valence electrons. The SMILES string of the molecule is C1CCCC1.CC1CCCC1.CC1CCCC1.C[O-].Clc1ccccc1.[CH3-].[CH3-].[CH3-].[CH3-].[Fe+2].[Fe+2].[Na+].c1ccc(C2C(c3ccccc3)C(c3ccccc3)C(c3ccccc3)C2c2ccccc2)cc1. The van der Waals surface area contributed by atoms with Crippen LogP contribution in [0.15, 0.2) is 182 Å². The molecular weight excluding hydrogens is 943 g/mol. The number of halogens is 1. The van der Waals surface area contributed by atoms with E-state index in [0.29, 0.717) is 29.6 Å². The van der Waals surface area contributed by atoms with Crippen LogP contribution in [0.25, 0.3) is 0 Å². The Morgan fingerprint density at radius 1 is 0.309 bits per heavy atom. The van der Waals surface area contributed by atoms with E-state index in [1.54, 1.807) is 0 Å². The smallest absolute Gasteiger partial charge is 0.857 e. The zero-order chi connectivity index (χ0) is 42.9. The van der Waals surface area contributed by atoms with Crippen molar-refractivity contribution in [1.82, 2.24) is 0 Å². The van der Waals surface area contributed by atoms with Crippen molar-refractivity contribution in [3.05, 3.63) is 245 Å². The van der Waals surface area contributed by atoms with Gasteiger partial charge in [-0.25, -0.2) is 0 Å². The fourth-order valence-corrected chi connectivity index (χ4v) is 10.3. The van der Waals surface area contributed by atoms with Gasteiger partial charge in [0.2, 0.25) is 0 Å². The fraction of sp³-hybridized carbons (Fsp3) is 0.365. The second-order valence-corrected chi connectivity index (χ2v) is 18.0. The van der Waals surface area contributed by atoms with Gasteiger partial charge >= 0.3 is 63.7 Å². The normalized spacial score (nSPS) is 19.5. The van der Waals surface area contributed by atoms with Gasteiger partial charge in [-0.05, 0) is 81.4 Å². The molecule has 0 saturated heterocycles. The average Bonchev–Trinajstić information content (AvgIpc) is 4.20. The molecule has 1 nitrogen and oxygen atoms in total. The van der Waals surface area contributed by atoms with Crippen LogP contribution < -0.4 is 34.7 Å². The van der Waals surface area contributed by atoms with Crippen LogP contribution in [-0.2, 0) is 34.1 Å². The maximum absolute atomic E-state index is 8.25. The largest absolute Gasteiger partial charge is 2.00 e. The molecule has 0 spiro atoms. The van der Waals surface area contributed by atoms with Crippen molar-refractivity contribution >= 4 is 11.6 Å².